The number of rotatable bonds is 6. The van der Waals surface area contributed by atoms with E-state index in [4.69, 9.17) is 27.8 Å². The van der Waals surface area contributed by atoms with Crippen LogP contribution in [-0.2, 0) is 0 Å². The number of anilines is 2. The maximum atomic E-state index is 11.4. The molecular formula is C15H16ClN3O2. The summed E-state index contributed by atoms with van der Waals surface area (Å²) >= 11 is 5.87. The summed E-state index contributed by atoms with van der Waals surface area (Å²) in [6.45, 7) is 0.933. The average molecular weight is 306 g/mol. The number of nitrogens with two attached hydrogens (primary N) is 2. The van der Waals surface area contributed by atoms with Crippen LogP contribution in [0.4, 0.5) is 11.4 Å². The molecule has 2 rings (SSSR count). The first-order chi connectivity index (χ1) is 10.1. The van der Waals surface area contributed by atoms with E-state index in [0.29, 0.717) is 29.4 Å². The number of halogens is 1. The van der Waals surface area contributed by atoms with E-state index in [1.54, 1.807) is 12.1 Å². The third-order valence-corrected chi connectivity index (χ3v) is 3.00. The Morgan fingerprint density at radius 3 is 2.52 bits per heavy atom. The van der Waals surface area contributed by atoms with E-state index in [9.17, 15) is 4.79 Å². The molecule has 0 spiro atoms. The zero-order valence-corrected chi connectivity index (χ0v) is 12.1. The Morgan fingerprint density at radius 1 is 1.19 bits per heavy atom. The van der Waals surface area contributed by atoms with Gasteiger partial charge in [-0.05, 0) is 42.5 Å². The van der Waals surface area contributed by atoms with E-state index in [1.165, 1.54) is 6.07 Å². The molecule has 6 heteroatoms. The molecule has 5 N–H and O–H groups in total. The van der Waals surface area contributed by atoms with Gasteiger partial charge in [-0.2, -0.15) is 0 Å². The Bertz CT molecular complexity index is 629. The van der Waals surface area contributed by atoms with Crippen molar-refractivity contribution in [2.75, 3.05) is 18.5 Å². The van der Waals surface area contributed by atoms with Gasteiger partial charge in [0.1, 0.15) is 12.4 Å². The fraction of sp³-hybridized carbons (Fsp3) is 0.133. The Hall–Kier alpha value is -2.24. The summed E-state index contributed by atoms with van der Waals surface area (Å²) in [5.41, 5.74) is 12.5. The third kappa shape index (κ3) is 4.11. The lowest BCUT2D eigenvalue weighted by atomic mass is 10.1. The van der Waals surface area contributed by atoms with Gasteiger partial charge < -0.3 is 21.5 Å². The van der Waals surface area contributed by atoms with Crippen LogP contribution in [0.25, 0.3) is 0 Å². The van der Waals surface area contributed by atoms with Gasteiger partial charge in [-0.25, -0.2) is 0 Å². The predicted molar refractivity (Wildman–Crippen MR) is 84.2 cm³/mol. The highest BCUT2D eigenvalue weighted by Gasteiger charge is 2.09. The lowest BCUT2D eigenvalue weighted by molar-refractivity contribution is 0.100. The first-order valence-electron chi connectivity index (χ1n) is 6.39. The summed E-state index contributed by atoms with van der Waals surface area (Å²) in [5.74, 6) is 0.195. The number of carbonyl (C=O) groups excluding carboxylic acids is 1. The number of nitrogens with one attached hydrogen (secondary N) is 1. The van der Waals surface area contributed by atoms with Gasteiger partial charge in [0.15, 0.2) is 0 Å². The standard InChI is InChI=1S/C15H16ClN3O2/c16-10-1-6-14(13(9-10)15(18)20)19-11-2-4-12(5-3-11)21-8-7-17/h1-6,9,19H,7-8,17H2,(H2,18,20). The van der Waals surface area contributed by atoms with Crippen LogP contribution in [0.3, 0.4) is 0 Å². The Kier molecular flexibility index (Phi) is 5.03. The van der Waals surface area contributed by atoms with Crippen molar-refractivity contribution in [1.29, 1.82) is 0 Å². The zero-order chi connectivity index (χ0) is 15.2. The second kappa shape index (κ2) is 6.97. The lowest BCUT2D eigenvalue weighted by Gasteiger charge is -2.11. The van der Waals surface area contributed by atoms with Crippen molar-refractivity contribution >= 4 is 28.9 Å². The molecule has 0 aliphatic carbocycles. The van der Waals surface area contributed by atoms with Crippen LogP contribution in [0.15, 0.2) is 42.5 Å². The van der Waals surface area contributed by atoms with Crippen LogP contribution in [0, 0.1) is 0 Å². The third-order valence-electron chi connectivity index (χ3n) is 2.77. The maximum Gasteiger partial charge on any atom is 0.250 e. The van der Waals surface area contributed by atoms with Crippen LogP contribution in [0.2, 0.25) is 5.02 Å². The molecule has 0 aromatic heterocycles. The molecule has 0 aliphatic heterocycles. The van der Waals surface area contributed by atoms with Crippen molar-refractivity contribution in [2.45, 2.75) is 0 Å². The lowest BCUT2D eigenvalue weighted by Crippen LogP contribution is -2.13. The van der Waals surface area contributed by atoms with Crippen LogP contribution in [0.5, 0.6) is 5.75 Å². The summed E-state index contributed by atoms with van der Waals surface area (Å²) in [4.78, 5) is 11.4. The van der Waals surface area contributed by atoms with Crippen molar-refractivity contribution < 1.29 is 9.53 Å². The summed E-state index contributed by atoms with van der Waals surface area (Å²) in [5, 5.41) is 3.58. The molecular weight excluding hydrogens is 290 g/mol. The Labute approximate surface area is 127 Å². The summed E-state index contributed by atoms with van der Waals surface area (Å²) in [6, 6.07) is 12.2. The highest BCUT2D eigenvalue weighted by Crippen LogP contribution is 2.25. The van der Waals surface area contributed by atoms with Gasteiger partial charge in [0.25, 0.3) is 5.91 Å². The molecule has 110 valence electrons. The number of primary amides is 1. The normalized spacial score (nSPS) is 10.2. The van der Waals surface area contributed by atoms with Gasteiger partial charge >= 0.3 is 0 Å². The largest absolute Gasteiger partial charge is 0.492 e. The number of hydrogen-bond donors (Lipinski definition) is 3. The molecule has 21 heavy (non-hydrogen) atoms. The van der Waals surface area contributed by atoms with E-state index < -0.39 is 5.91 Å². The smallest absolute Gasteiger partial charge is 0.250 e. The predicted octanol–water partition coefficient (Wildman–Crippen LogP) is 2.52. The molecule has 0 saturated heterocycles. The minimum Gasteiger partial charge on any atom is -0.492 e. The van der Waals surface area contributed by atoms with Crippen LogP contribution in [-0.4, -0.2) is 19.1 Å². The van der Waals surface area contributed by atoms with E-state index >= 15 is 0 Å². The van der Waals surface area contributed by atoms with Crippen molar-refractivity contribution in [1.82, 2.24) is 0 Å². The van der Waals surface area contributed by atoms with E-state index in [-0.39, 0.29) is 0 Å². The molecule has 0 radical (unpaired) electrons. The molecule has 0 bridgehead atoms. The molecule has 2 aromatic rings. The molecule has 0 fully saturated rings. The van der Waals surface area contributed by atoms with Gasteiger partial charge in [0, 0.05) is 17.3 Å². The molecule has 0 unspecified atom stereocenters. The molecule has 0 heterocycles. The highest BCUT2D eigenvalue weighted by atomic mass is 35.5. The Balaban J connectivity index is 2.16. The average Bonchev–Trinajstić information content (AvgIpc) is 2.48. The molecule has 0 aliphatic rings. The second-order valence-electron chi connectivity index (χ2n) is 4.34. The van der Waals surface area contributed by atoms with Gasteiger partial charge in [0.05, 0.1) is 11.3 Å². The van der Waals surface area contributed by atoms with Gasteiger partial charge in [-0.3, -0.25) is 4.79 Å². The second-order valence-corrected chi connectivity index (χ2v) is 4.78. The van der Waals surface area contributed by atoms with Crippen LogP contribution < -0.4 is 21.5 Å². The number of amides is 1. The maximum absolute atomic E-state index is 11.4. The molecule has 2 aromatic carbocycles. The van der Waals surface area contributed by atoms with E-state index in [1.807, 2.05) is 24.3 Å². The number of hydrogen-bond acceptors (Lipinski definition) is 4. The molecule has 5 nitrogen and oxygen atoms in total. The van der Waals surface area contributed by atoms with Crippen LogP contribution in [0.1, 0.15) is 10.4 Å². The van der Waals surface area contributed by atoms with E-state index in [0.717, 1.165) is 11.4 Å². The van der Waals surface area contributed by atoms with Crippen molar-refractivity contribution in [3.63, 3.8) is 0 Å². The highest BCUT2D eigenvalue weighted by molar-refractivity contribution is 6.31. The topological polar surface area (TPSA) is 90.4 Å². The number of ether oxygens (including phenoxy) is 1. The zero-order valence-electron chi connectivity index (χ0n) is 11.3. The Morgan fingerprint density at radius 2 is 1.90 bits per heavy atom. The number of benzene rings is 2. The number of carbonyl (C=O) groups is 1. The summed E-state index contributed by atoms with van der Waals surface area (Å²) in [7, 11) is 0. The SMILES string of the molecule is NCCOc1ccc(Nc2ccc(Cl)cc2C(N)=O)cc1. The molecule has 1 amide bonds. The monoisotopic (exact) mass is 305 g/mol. The minimum absolute atomic E-state index is 0.339. The van der Waals surface area contributed by atoms with E-state index in [2.05, 4.69) is 5.32 Å². The van der Waals surface area contributed by atoms with Crippen molar-refractivity contribution in [3.05, 3.63) is 53.1 Å². The first-order valence-corrected chi connectivity index (χ1v) is 6.77. The summed E-state index contributed by atoms with van der Waals surface area (Å²) < 4.78 is 5.39. The first kappa shape index (κ1) is 15.2. The van der Waals surface area contributed by atoms with Crippen molar-refractivity contribution in [3.8, 4) is 5.75 Å². The summed E-state index contributed by atoms with van der Waals surface area (Å²) in [6.07, 6.45) is 0. The molecule has 0 atom stereocenters. The fourth-order valence-electron chi connectivity index (χ4n) is 1.80. The van der Waals surface area contributed by atoms with Crippen molar-refractivity contribution in [2.24, 2.45) is 11.5 Å². The van der Waals surface area contributed by atoms with Gasteiger partial charge in [0.2, 0.25) is 0 Å². The van der Waals surface area contributed by atoms with Gasteiger partial charge in [-0.15, -0.1) is 0 Å². The fourth-order valence-corrected chi connectivity index (χ4v) is 1.97. The molecule has 0 saturated carbocycles. The minimum atomic E-state index is -0.539. The quantitative estimate of drug-likeness (QED) is 0.765. The van der Waals surface area contributed by atoms with Crippen LogP contribution >= 0.6 is 11.6 Å². The van der Waals surface area contributed by atoms with Gasteiger partial charge in [-0.1, -0.05) is 11.6 Å².